The second-order valence-corrected chi connectivity index (χ2v) is 20.8. The molecule has 6 nitrogen and oxygen atoms in total. The zero-order chi connectivity index (χ0) is 51.1. The van der Waals surface area contributed by atoms with Crippen LogP contribution in [0.15, 0.2) is 121 Å². The number of ether oxygens (including phenoxy) is 1. The van der Waals surface area contributed by atoms with Crippen molar-refractivity contribution in [3.63, 3.8) is 0 Å². The highest BCUT2D eigenvalue weighted by Crippen LogP contribution is 2.39. The van der Waals surface area contributed by atoms with Crippen molar-refractivity contribution in [1.29, 1.82) is 0 Å². The molecule has 0 fully saturated rings. The Morgan fingerprint density at radius 1 is 0.365 bits per heavy atom. The van der Waals surface area contributed by atoms with Crippen molar-refractivity contribution in [2.45, 2.75) is 143 Å². The maximum absolute atomic E-state index is 13.4. The van der Waals surface area contributed by atoms with Gasteiger partial charge in [0.05, 0.1) is 34.9 Å². The number of nitrogens with zero attached hydrogens (tertiary/aromatic N) is 2. The molecule has 2 N–H and O–H groups in total. The number of unbranched alkanes of at least 4 members (excludes halogenated alkanes) is 17. The van der Waals surface area contributed by atoms with Gasteiger partial charge in [0, 0.05) is 44.3 Å². The Kier molecular flexibility index (Phi) is 18.0. The number of esters is 1. The molecule has 0 saturated heterocycles. The van der Waals surface area contributed by atoms with E-state index in [9.17, 15) is 4.79 Å². The van der Waals surface area contributed by atoms with Gasteiger partial charge >= 0.3 is 5.97 Å². The predicted octanol–water partition coefficient (Wildman–Crippen LogP) is 19.4. The molecule has 7 aromatic rings. The molecule has 0 radical (unpaired) electrons. The molecule has 0 spiro atoms. The first kappa shape index (κ1) is 51.8. The smallest absolute Gasteiger partial charge is 0.338 e. The van der Waals surface area contributed by atoms with Gasteiger partial charge in [-0.05, 0) is 110 Å². The van der Waals surface area contributed by atoms with E-state index in [2.05, 4.69) is 159 Å². The van der Waals surface area contributed by atoms with Crippen LogP contribution < -0.4 is 0 Å². The Labute approximate surface area is 440 Å². The van der Waals surface area contributed by atoms with Crippen molar-refractivity contribution >= 4 is 52.3 Å². The Morgan fingerprint density at radius 2 is 0.635 bits per heavy atom. The van der Waals surface area contributed by atoms with Crippen LogP contribution in [0.4, 0.5) is 0 Å². The Hall–Kier alpha value is -7.05. The van der Waals surface area contributed by atoms with E-state index in [1.165, 1.54) is 119 Å². The lowest BCUT2D eigenvalue weighted by atomic mass is 10.0. The molecule has 0 amide bonds. The van der Waals surface area contributed by atoms with Crippen LogP contribution in [0.25, 0.3) is 90.9 Å². The molecule has 2 aliphatic heterocycles. The summed E-state index contributed by atoms with van der Waals surface area (Å²) in [7, 11) is 0. The standard InChI is InChI=1S/C68H76N4O2/c1-5-6-7-8-9-10-11-12-13-14-15-16-17-18-19-20-21-22-47-74-68(73)55-37-35-54(36-38-55)67-62-45-43-60(71-62)65(52-31-25-49(3)26-32-52)58-41-39-56(69-58)64(51-29-23-48(2)24-30-51)57-40-42-59(70-57)66(61-44-46-63(67)72-61)53-33-27-50(4)28-34-53/h23-46,69,72H,5-22,47H2,1-4H3. The molecular weight excluding hydrogens is 905 g/mol. The van der Waals surface area contributed by atoms with Gasteiger partial charge in [0.25, 0.3) is 0 Å². The van der Waals surface area contributed by atoms with Gasteiger partial charge in [-0.3, -0.25) is 0 Å². The van der Waals surface area contributed by atoms with E-state index in [1.54, 1.807) is 0 Å². The topological polar surface area (TPSA) is 83.7 Å². The highest BCUT2D eigenvalue weighted by Gasteiger charge is 2.20. The van der Waals surface area contributed by atoms with Gasteiger partial charge < -0.3 is 14.7 Å². The summed E-state index contributed by atoms with van der Waals surface area (Å²) in [4.78, 5) is 32.1. The maximum atomic E-state index is 13.4. The molecule has 0 aliphatic carbocycles. The summed E-state index contributed by atoms with van der Waals surface area (Å²) in [5, 5.41) is 0. The van der Waals surface area contributed by atoms with Gasteiger partial charge in [-0.25, -0.2) is 14.8 Å². The molecule has 6 heteroatoms. The molecule has 3 aromatic heterocycles. The van der Waals surface area contributed by atoms with E-state index in [0.717, 1.165) is 102 Å². The molecule has 9 rings (SSSR count). The van der Waals surface area contributed by atoms with E-state index >= 15 is 0 Å². The number of rotatable bonds is 24. The monoisotopic (exact) mass is 981 g/mol. The van der Waals surface area contributed by atoms with Crippen LogP contribution in [0.3, 0.4) is 0 Å². The van der Waals surface area contributed by atoms with Crippen LogP contribution >= 0.6 is 0 Å². The number of aromatic amines is 2. The van der Waals surface area contributed by atoms with Crippen molar-refractivity contribution in [1.82, 2.24) is 19.9 Å². The summed E-state index contributed by atoms with van der Waals surface area (Å²) < 4.78 is 5.82. The fraction of sp³-hybridized carbons (Fsp3) is 0.338. The molecule has 380 valence electrons. The predicted molar refractivity (Wildman–Crippen MR) is 314 cm³/mol. The molecule has 0 unspecified atom stereocenters. The average molecular weight is 981 g/mol. The van der Waals surface area contributed by atoms with Crippen molar-refractivity contribution in [2.75, 3.05) is 6.61 Å². The zero-order valence-corrected chi connectivity index (χ0v) is 44.5. The molecule has 74 heavy (non-hydrogen) atoms. The van der Waals surface area contributed by atoms with E-state index in [0.29, 0.717) is 12.2 Å². The number of aromatic nitrogens is 4. The maximum Gasteiger partial charge on any atom is 0.338 e. The number of carbonyl (C=O) groups excluding carboxylic acids is 1. The third-order valence-electron chi connectivity index (χ3n) is 14.9. The number of nitrogens with one attached hydrogen (secondary N) is 2. The summed E-state index contributed by atoms with van der Waals surface area (Å²) in [6.07, 6.45) is 32.4. The number of fused-ring (bicyclic) bond motifs is 8. The Bertz CT molecular complexity index is 3160. The normalized spacial score (nSPS) is 11.9. The quantitative estimate of drug-likeness (QED) is 0.0467. The van der Waals surface area contributed by atoms with E-state index < -0.39 is 0 Å². The third kappa shape index (κ3) is 13.2. The fourth-order valence-electron chi connectivity index (χ4n) is 10.6. The minimum Gasteiger partial charge on any atom is -0.462 e. The van der Waals surface area contributed by atoms with Gasteiger partial charge in [0.1, 0.15) is 0 Å². The van der Waals surface area contributed by atoms with Gasteiger partial charge in [-0.15, -0.1) is 0 Å². The second kappa shape index (κ2) is 25.7. The van der Waals surface area contributed by atoms with Crippen LogP contribution in [-0.2, 0) is 4.74 Å². The number of H-pyrrole nitrogens is 2. The van der Waals surface area contributed by atoms with Gasteiger partial charge in [0.2, 0.25) is 0 Å². The van der Waals surface area contributed by atoms with Crippen molar-refractivity contribution in [3.8, 4) is 44.5 Å². The minimum atomic E-state index is -0.285. The van der Waals surface area contributed by atoms with Crippen LogP contribution in [0.2, 0.25) is 0 Å². The van der Waals surface area contributed by atoms with E-state index in [1.807, 2.05) is 24.3 Å². The molecule has 5 heterocycles. The van der Waals surface area contributed by atoms with Crippen LogP contribution in [0.5, 0.6) is 0 Å². The lowest BCUT2D eigenvalue weighted by Crippen LogP contribution is -2.06. The number of aryl methyl sites for hydroxylation is 3. The highest BCUT2D eigenvalue weighted by atomic mass is 16.5. The van der Waals surface area contributed by atoms with Crippen LogP contribution in [0.1, 0.15) is 172 Å². The van der Waals surface area contributed by atoms with Crippen molar-refractivity contribution < 1.29 is 9.53 Å². The summed E-state index contributed by atoms with van der Waals surface area (Å²) in [5.41, 5.74) is 19.4. The van der Waals surface area contributed by atoms with Gasteiger partial charge in [0.15, 0.2) is 0 Å². The molecule has 2 aliphatic rings. The molecule has 0 atom stereocenters. The first-order chi connectivity index (χ1) is 36.3. The lowest BCUT2D eigenvalue weighted by molar-refractivity contribution is 0.0497. The first-order valence-electron chi connectivity index (χ1n) is 28.0. The Morgan fingerprint density at radius 3 is 0.932 bits per heavy atom. The summed E-state index contributed by atoms with van der Waals surface area (Å²) in [6, 6.07) is 42.5. The minimum absolute atomic E-state index is 0.285. The van der Waals surface area contributed by atoms with Crippen LogP contribution in [-0.4, -0.2) is 32.5 Å². The fourth-order valence-corrected chi connectivity index (χ4v) is 10.6. The first-order valence-corrected chi connectivity index (χ1v) is 28.0. The number of hydrogen-bond acceptors (Lipinski definition) is 4. The summed E-state index contributed by atoms with van der Waals surface area (Å²) >= 11 is 0. The van der Waals surface area contributed by atoms with Crippen molar-refractivity contribution in [3.05, 3.63) is 166 Å². The largest absolute Gasteiger partial charge is 0.462 e. The SMILES string of the molecule is CCCCCCCCCCCCCCCCCCCCOC(=O)c1ccc(-c2c3nc(c(-c4ccc(C)cc4)c4ccc([nH]4)c(-c4ccc(C)cc4)c4nc(c(-c5ccc(C)cc5)c5ccc2[nH]5)C=C4)C=C3)cc1. The third-order valence-corrected chi connectivity index (χ3v) is 14.9. The number of benzene rings is 4. The summed E-state index contributed by atoms with van der Waals surface area (Å²) in [6.45, 7) is 9.08. The van der Waals surface area contributed by atoms with E-state index in [4.69, 9.17) is 14.7 Å². The zero-order valence-electron chi connectivity index (χ0n) is 44.5. The number of hydrogen-bond donors (Lipinski definition) is 2. The van der Waals surface area contributed by atoms with Crippen LogP contribution in [0, 0.1) is 20.8 Å². The summed E-state index contributed by atoms with van der Waals surface area (Å²) in [5.74, 6) is -0.285. The van der Waals surface area contributed by atoms with Gasteiger partial charge in [-0.1, -0.05) is 218 Å². The molecule has 4 aromatic carbocycles. The van der Waals surface area contributed by atoms with E-state index in [-0.39, 0.29) is 5.97 Å². The molecule has 8 bridgehead atoms. The Balaban J connectivity index is 0.962. The highest BCUT2D eigenvalue weighted by molar-refractivity contribution is 6.00. The lowest BCUT2D eigenvalue weighted by Gasteiger charge is -2.08. The molecular formula is C68H76N4O2. The van der Waals surface area contributed by atoms with Crippen molar-refractivity contribution in [2.24, 2.45) is 0 Å². The second-order valence-electron chi connectivity index (χ2n) is 20.8. The van der Waals surface area contributed by atoms with Gasteiger partial charge in [-0.2, -0.15) is 0 Å². The number of carbonyl (C=O) groups is 1. The average Bonchev–Trinajstić information content (AvgIpc) is 4.28. The molecule has 0 saturated carbocycles.